The molecule has 0 bridgehead atoms. The molecular formula is C30H42O6. The number of hydrogen-bond donors (Lipinski definition) is 2. The smallest absolute Gasteiger partial charge is 0.333 e. The van der Waals surface area contributed by atoms with Crippen molar-refractivity contribution in [2.75, 3.05) is 0 Å². The predicted molar refractivity (Wildman–Crippen MR) is 133 cm³/mol. The molecule has 0 aromatic rings. The van der Waals surface area contributed by atoms with Gasteiger partial charge in [0.1, 0.15) is 17.3 Å². The second kappa shape index (κ2) is 7.05. The van der Waals surface area contributed by atoms with E-state index in [1.54, 1.807) is 13.0 Å². The van der Waals surface area contributed by atoms with Crippen molar-refractivity contribution in [3.05, 3.63) is 23.8 Å². The average Bonchev–Trinajstić information content (AvgIpc) is 3.37. The highest BCUT2D eigenvalue weighted by molar-refractivity contribution is 5.88. The van der Waals surface area contributed by atoms with Crippen LogP contribution in [0.1, 0.15) is 86.5 Å². The van der Waals surface area contributed by atoms with E-state index in [1.807, 2.05) is 26.8 Å². The number of esters is 2. The Morgan fingerprint density at radius 2 is 1.81 bits per heavy atom. The number of carbonyl (C=O) groups is 2. The Kier molecular flexibility index (Phi) is 4.83. The van der Waals surface area contributed by atoms with Gasteiger partial charge in [-0.3, -0.25) is 0 Å². The molecule has 4 aliphatic carbocycles. The average molecular weight is 499 g/mol. The summed E-state index contributed by atoms with van der Waals surface area (Å²) in [4.78, 5) is 24.8. The van der Waals surface area contributed by atoms with Gasteiger partial charge in [-0.15, -0.1) is 0 Å². The highest BCUT2D eigenvalue weighted by atomic mass is 16.6. The number of carbonyl (C=O) groups excluding carboxylic acids is 2. The molecule has 0 saturated heterocycles. The number of cyclic esters (lactones) is 2. The molecule has 0 aromatic heterocycles. The van der Waals surface area contributed by atoms with Gasteiger partial charge in [0, 0.05) is 29.4 Å². The minimum atomic E-state index is -1.13. The van der Waals surface area contributed by atoms with E-state index in [0.717, 1.165) is 32.1 Å². The minimum absolute atomic E-state index is 0.00690. The fourth-order valence-corrected chi connectivity index (χ4v) is 10.8. The maximum absolute atomic E-state index is 12.5. The van der Waals surface area contributed by atoms with E-state index in [9.17, 15) is 19.8 Å². The molecule has 4 fully saturated rings. The van der Waals surface area contributed by atoms with Gasteiger partial charge in [0.2, 0.25) is 0 Å². The molecule has 0 amide bonds. The molecule has 2 N–H and O–H groups in total. The third-order valence-corrected chi connectivity index (χ3v) is 12.6. The summed E-state index contributed by atoms with van der Waals surface area (Å²) in [6.45, 7) is 12.3. The monoisotopic (exact) mass is 498 g/mol. The number of fused-ring (bicyclic) bond motifs is 2. The van der Waals surface area contributed by atoms with Gasteiger partial charge >= 0.3 is 11.9 Å². The molecule has 198 valence electrons. The van der Waals surface area contributed by atoms with Crippen molar-refractivity contribution in [1.82, 2.24) is 0 Å². The standard InChI is InChI=1S/C30H42O6/c1-17-7-8-21(35-24(17)33)28(6,34)19-9-11-26(4)20-15-18(31)23-25(2,3)36-22(32)10-12-30(23)16-29(20,30)14-13-27(19,26)5/h7,10,12,18-21,23,31,34H,8-9,11,13-16H2,1-6H3. The predicted octanol–water partition coefficient (Wildman–Crippen LogP) is 4.48. The summed E-state index contributed by atoms with van der Waals surface area (Å²) < 4.78 is 11.6. The van der Waals surface area contributed by atoms with Crippen molar-refractivity contribution in [1.29, 1.82) is 0 Å². The molecule has 6 nitrogen and oxygen atoms in total. The Morgan fingerprint density at radius 1 is 1.08 bits per heavy atom. The van der Waals surface area contributed by atoms with Crippen LogP contribution in [0.2, 0.25) is 0 Å². The van der Waals surface area contributed by atoms with Crippen LogP contribution in [0.5, 0.6) is 0 Å². The molecule has 0 aromatic carbocycles. The lowest BCUT2D eigenvalue weighted by Crippen LogP contribution is -2.61. The van der Waals surface area contributed by atoms with Crippen molar-refractivity contribution in [2.24, 2.45) is 39.4 Å². The van der Waals surface area contributed by atoms with Crippen LogP contribution >= 0.6 is 0 Å². The molecule has 6 rings (SSSR count). The Hall–Kier alpha value is -1.66. The Bertz CT molecular complexity index is 1090. The van der Waals surface area contributed by atoms with Crippen molar-refractivity contribution < 1.29 is 29.3 Å². The van der Waals surface area contributed by atoms with E-state index in [-0.39, 0.29) is 45.4 Å². The number of aliphatic hydroxyl groups excluding tert-OH is 1. The fraction of sp³-hybridized carbons (Fsp3) is 0.800. The molecule has 4 saturated carbocycles. The first-order valence-electron chi connectivity index (χ1n) is 13.9. The summed E-state index contributed by atoms with van der Waals surface area (Å²) in [6, 6.07) is 0. The third kappa shape index (κ3) is 2.76. The zero-order chi connectivity index (χ0) is 26.1. The highest BCUT2D eigenvalue weighted by Gasteiger charge is 2.83. The van der Waals surface area contributed by atoms with Crippen LogP contribution < -0.4 is 0 Å². The van der Waals surface area contributed by atoms with Crippen molar-refractivity contribution in [2.45, 2.75) is 110 Å². The second-order valence-corrected chi connectivity index (χ2v) is 14.2. The van der Waals surface area contributed by atoms with Crippen molar-refractivity contribution in [3.63, 3.8) is 0 Å². The Balaban J connectivity index is 1.37. The van der Waals surface area contributed by atoms with Crippen LogP contribution in [-0.4, -0.2) is 45.6 Å². The first-order chi connectivity index (χ1) is 16.6. The van der Waals surface area contributed by atoms with Crippen LogP contribution in [0, 0.1) is 39.4 Å². The van der Waals surface area contributed by atoms with Crippen LogP contribution in [-0.2, 0) is 19.1 Å². The van der Waals surface area contributed by atoms with Gasteiger partial charge in [-0.25, -0.2) is 9.59 Å². The molecule has 0 radical (unpaired) electrons. The quantitative estimate of drug-likeness (QED) is 0.546. The van der Waals surface area contributed by atoms with Crippen molar-refractivity contribution >= 4 is 11.9 Å². The molecule has 36 heavy (non-hydrogen) atoms. The third-order valence-electron chi connectivity index (χ3n) is 12.6. The molecule has 6 aliphatic rings. The van der Waals surface area contributed by atoms with Gasteiger partial charge in [-0.2, -0.15) is 0 Å². The van der Waals surface area contributed by atoms with Crippen LogP contribution in [0.15, 0.2) is 23.8 Å². The molecule has 2 spiro atoms. The van der Waals surface area contributed by atoms with Gasteiger partial charge in [0.05, 0.1) is 6.10 Å². The lowest BCUT2D eigenvalue weighted by molar-refractivity contribution is -0.205. The maximum Gasteiger partial charge on any atom is 0.333 e. The number of hydrogen-bond acceptors (Lipinski definition) is 6. The Labute approximate surface area is 214 Å². The SMILES string of the molecule is CC1=CCC(C(C)(O)C2CCC3(C)C4CC(O)C5C(C)(C)OC(=O)C=CC56CC46CCC23C)OC1=O. The fourth-order valence-electron chi connectivity index (χ4n) is 10.8. The first-order valence-corrected chi connectivity index (χ1v) is 13.9. The second-order valence-electron chi connectivity index (χ2n) is 14.2. The zero-order valence-corrected chi connectivity index (χ0v) is 22.6. The van der Waals surface area contributed by atoms with Gasteiger partial charge in [-0.05, 0) is 94.3 Å². The minimum Gasteiger partial charge on any atom is -0.456 e. The number of aliphatic hydroxyl groups is 2. The summed E-state index contributed by atoms with van der Waals surface area (Å²) in [7, 11) is 0. The molecule has 2 aliphatic heterocycles. The van der Waals surface area contributed by atoms with Gasteiger partial charge in [0.15, 0.2) is 0 Å². The molecule has 6 heteroatoms. The molecular weight excluding hydrogens is 456 g/mol. The van der Waals surface area contributed by atoms with E-state index in [1.165, 1.54) is 0 Å². The molecule has 10 atom stereocenters. The normalized spacial score (nSPS) is 52.3. The van der Waals surface area contributed by atoms with Gasteiger partial charge < -0.3 is 19.7 Å². The number of rotatable bonds is 2. The summed E-state index contributed by atoms with van der Waals surface area (Å²) in [6.07, 6.45) is 10.6. The Morgan fingerprint density at radius 3 is 2.50 bits per heavy atom. The largest absolute Gasteiger partial charge is 0.456 e. The molecule has 10 unspecified atom stereocenters. The topological polar surface area (TPSA) is 93.1 Å². The van der Waals surface area contributed by atoms with E-state index >= 15 is 0 Å². The number of allylic oxidation sites excluding steroid dienone is 1. The van der Waals surface area contributed by atoms with Crippen LogP contribution in [0.25, 0.3) is 0 Å². The molecule has 2 heterocycles. The summed E-state index contributed by atoms with van der Waals surface area (Å²) in [5.41, 5.74) is -1.66. The number of ether oxygens (including phenoxy) is 2. The van der Waals surface area contributed by atoms with E-state index in [4.69, 9.17) is 9.47 Å². The lowest BCUT2D eigenvalue weighted by Gasteiger charge is -2.62. The lowest BCUT2D eigenvalue weighted by atomic mass is 9.43. The van der Waals surface area contributed by atoms with Crippen LogP contribution in [0.4, 0.5) is 0 Å². The summed E-state index contributed by atoms with van der Waals surface area (Å²) in [5, 5.41) is 23.6. The van der Waals surface area contributed by atoms with Crippen LogP contribution in [0.3, 0.4) is 0 Å². The summed E-state index contributed by atoms with van der Waals surface area (Å²) in [5.74, 6) is -0.479. The van der Waals surface area contributed by atoms with Gasteiger partial charge in [-0.1, -0.05) is 26.0 Å². The van der Waals surface area contributed by atoms with Crippen molar-refractivity contribution in [3.8, 4) is 0 Å². The highest BCUT2D eigenvalue weighted by Crippen LogP contribution is 2.87. The zero-order valence-electron chi connectivity index (χ0n) is 22.6. The maximum atomic E-state index is 12.5. The van der Waals surface area contributed by atoms with E-state index in [0.29, 0.717) is 24.3 Å². The summed E-state index contributed by atoms with van der Waals surface area (Å²) >= 11 is 0. The van der Waals surface area contributed by atoms with Gasteiger partial charge in [0.25, 0.3) is 0 Å². The van der Waals surface area contributed by atoms with E-state index in [2.05, 4.69) is 19.9 Å². The first kappa shape index (κ1) is 24.7. The van der Waals surface area contributed by atoms with E-state index < -0.39 is 23.4 Å².